The van der Waals surface area contributed by atoms with Gasteiger partial charge in [0, 0.05) is 18.0 Å². The van der Waals surface area contributed by atoms with Gasteiger partial charge in [-0.1, -0.05) is 17.4 Å². The lowest BCUT2D eigenvalue weighted by Crippen LogP contribution is -2.37. The quantitative estimate of drug-likeness (QED) is 0.373. The molecule has 0 saturated heterocycles. The first-order valence-corrected chi connectivity index (χ1v) is 6.48. The molecule has 0 amide bonds. The maximum absolute atomic E-state index is 13.1. The zero-order valence-corrected chi connectivity index (χ0v) is 11.4. The monoisotopic (exact) mass is 283 g/mol. The summed E-state index contributed by atoms with van der Waals surface area (Å²) >= 11 is 0. The average molecular weight is 283 g/mol. The van der Waals surface area contributed by atoms with Crippen LogP contribution < -0.4 is 21.6 Å². The van der Waals surface area contributed by atoms with Crippen LogP contribution in [0.25, 0.3) is 23.4 Å². The lowest BCUT2D eigenvalue weighted by atomic mass is 10.0. The number of nitrogens with two attached hydrogens (primary N) is 1. The standard InChI is InChI=1S/C15H14FN5/c1-9-4-14(16)18-8-13(9)11-3-2-10-6-15(20-21-17)19-7-12(10)5-11/h2-8,15,19H,1H3,(H2,17,20). The number of nitrogens with one attached hydrogen (secondary N) is 1. The number of hydrogen-bond acceptors (Lipinski definition) is 4. The molecule has 1 atom stereocenters. The maximum atomic E-state index is 13.1. The molecule has 5 nitrogen and oxygen atoms in total. The number of aryl methyl sites for hydroxylation is 1. The highest BCUT2D eigenvalue weighted by Gasteiger charge is 2.07. The van der Waals surface area contributed by atoms with Gasteiger partial charge in [-0.05, 0) is 46.7 Å². The molecule has 3 N–H and O–H groups in total. The molecule has 0 aliphatic carbocycles. The topological polar surface area (TPSA) is 75.7 Å². The zero-order chi connectivity index (χ0) is 14.8. The Hall–Kier alpha value is -2.76. The maximum Gasteiger partial charge on any atom is 0.213 e. The second-order valence-corrected chi connectivity index (χ2v) is 4.82. The number of rotatable bonds is 2. The van der Waals surface area contributed by atoms with Crippen molar-refractivity contribution in [1.82, 2.24) is 10.3 Å². The fraction of sp³-hybridized carbons (Fsp3) is 0.133. The molecular formula is C15H14FN5. The molecule has 3 rings (SSSR count). The van der Waals surface area contributed by atoms with Crippen molar-refractivity contribution >= 4 is 12.3 Å². The lowest BCUT2D eigenvalue weighted by Gasteiger charge is -2.12. The molecule has 0 bridgehead atoms. The van der Waals surface area contributed by atoms with Crippen LogP contribution >= 0.6 is 0 Å². The summed E-state index contributed by atoms with van der Waals surface area (Å²) in [6.45, 7) is 1.87. The van der Waals surface area contributed by atoms with E-state index in [1.807, 2.05) is 37.4 Å². The van der Waals surface area contributed by atoms with Gasteiger partial charge in [0.2, 0.25) is 5.95 Å². The van der Waals surface area contributed by atoms with E-state index in [9.17, 15) is 4.39 Å². The summed E-state index contributed by atoms with van der Waals surface area (Å²) in [4.78, 5) is 3.72. The first-order valence-electron chi connectivity index (χ1n) is 6.48. The van der Waals surface area contributed by atoms with E-state index in [0.717, 1.165) is 27.1 Å². The zero-order valence-electron chi connectivity index (χ0n) is 11.4. The van der Waals surface area contributed by atoms with E-state index >= 15 is 0 Å². The number of aromatic nitrogens is 1. The Morgan fingerprint density at radius 2 is 2.14 bits per heavy atom. The minimum absolute atomic E-state index is 0.248. The normalized spacial score (nSPS) is 16.8. The second kappa shape index (κ2) is 5.32. The van der Waals surface area contributed by atoms with Gasteiger partial charge in [-0.3, -0.25) is 0 Å². The Bertz CT molecular complexity index is 828. The van der Waals surface area contributed by atoms with Crippen LogP contribution in [-0.2, 0) is 0 Å². The van der Waals surface area contributed by atoms with Crippen molar-refractivity contribution in [2.75, 3.05) is 0 Å². The van der Waals surface area contributed by atoms with Gasteiger partial charge in [-0.2, -0.15) is 4.39 Å². The summed E-state index contributed by atoms with van der Waals surface area (Å²) in [6, 6.07) is 7.42. The molecule has 1 aliphatic heterocycles. The van der Waals surface area contributed by atoms with Gasteiger partial charge in [-0.25, -0.2) is 4.98 Å². The van der Waals surface area contributed by atoms with Crippen LogP contribution in [0.3, 0.4) is 0 Å². The highest BCUT2D eigenvalue weighted by molar-refractivity contribution is 5.66. The predicted molar refractivity (Wildman–Crippen MR) is 78.5 cm³/mol. The van der Waals surface area contributed by atoms with Crippen LogP contribution in [0.5, 0.6) is 0 Å². The highest BCUT2D eigenvalue weighted by Crippen LogP contribution is 2.20. The van der Waals surface area contributed by atoms with E-state index in [1.165, 1.54) is 6.07 Å². The van der Waals surface area contributed by atoms with Crippen LogP contribution in [0.1, 0.15) is 5.56 Å². The van der Waals surface area contributed by atoms with Crippen LogP contribution in [0.4, 0.5) is 4.39 Å². The molecule has 0 saturated carbocycles. The first-order chi connectivity index (χ1) is 10.2. The Morgan fingerprint density at radius 3 is 2.90 bits per heavy atom. The summed E-state index contributed by atoms with van der Waals surface area (Å²) in [5.74, 6) is 4.59. The van der Waals surface area contributed by atoms with E-state index < -0.39 is 5.95 Å². The SMILES string of the molecule is Cc1cc(F)ncc1-c1ccc2c(c1)=CNC(N=NN)C=2. The van der Waals surface area contributed by atoms with Gasteiger partial charge in [0.25, 0.3) is 0 Å². The van der Waals surface area contributed by atoms with E-state index in [2.05, 4.69) is 20.6 Å². The van der Waals surface area contributed by atoms with Crippen LogP contribution in [0, 0.1) is 12.9 Å². The number of hydrogen-bond donors (Lipinski definition) is 2. The van der Waals surface area contributed by atoms with Crippen LogP contribution in [-0.4, -0.2) is 11.1 Å². The average Bonchev–Trinajstić information content (AvgIpc) is 2.47. The largest absolute Gasteiger partial charge is 0.365 e. The highest BCUT2D eigenvalue weighted by atomic mass is 19.1. The summed E-state index contributed by atoms with van der Waals surface area (Å²) in [5.41, 5.74) is 2.76. The Kier molecular flexibility index (Phi) is 3.35. The molecule has 6 heteroatoms. The fourth-order valence-corrected chi connectivity index (χ4v) is 2.37. The van der Waals surface area contributed by atoms with Gasteiger partial charge in [0.1, 0.15) is 0 Å². The van der Waals surface area contributed by atoms with Gasteiger partial charge >= 0.3 is 0 Å². The molecule has 1 aromatic carbocycles. The molecule has 21 heavy (non-hydrogen) atoms. The number of pyridine rings is 1. The van der Waals surface area contributed by atoms with Crippen molar-refractivity contribution in [2.24, 2.45) is 16.2 Å². The van der Waals surface area contributed by atoms with E-state index in [0.29, 0.717) is 0 Å². The third kappa shape index (κ3) is 2.60. The summed E-state index contributed by atoms with van der Waals surface area (Å²) in [7, 11) is 0. The third-order valence-electron chi connectivity index (χ3n) is 3.41. The lowest BCUT2D eigenvalue weighted by molar-refractivity contribution is 0.583. The summed E-state index contributed by atoms with van der Waals surface area (Å²) in [6.07, 6.45) is 5.11. The molecule has 106 valence electrons. The minimum atomic E-state index is -0.467. The summed E-state index contributed by atoms with van der Waals surface area (Å²) in [5, 5.41) is 12.3. The van der Waals surface area contributed by atoms with E-state index in [4.69, 9.17) is 5.84 Å². The minimum Gasteiger partial charge on any atom is -0.365 e. The third-order valence-corrected chi connectivity index (χ3v) is 3.41. The Balaban J connectivity index is 2.07. The van der Waals surface area contributed by atoms with Gasteiger partial charge in [0.15, 0.2) is 6.17 Å². The van der Waals surface area contributed by atoms with Gasteiger partial charge in [-0.15, -0.1) is 5.11 Å². The number of fused-ring (bicyclic) bond motifs is 1. The first kappa shape index (κ1) is 13.2. The van der Waals surface area contributed by atoms with Crippen LogP contribution in [0.15, 0.2) is 40.8 Å². The molecule has 0 fully saturated rings. The molecule has 1 aliphatic rings. The Morgan fingerprint density at radius 1 is 1.29 bits per heavy atom. The van der Waals surface area contributed by atoms with Crippen molar-refractivity contribution in [2.45, 2.75) is 13.1 Å². The smallest absolute Gasteiger partial charge is 0.213 e. The second-order valence-electron chi connectivity index (χ2n) is 4.82. The fourth-order valence-electron chi connectivity index (χ4n) is 2.37. The molecule has 1 unspecified atom stereocenters. The number of halogens is 1. The van der Waals surface area contributed by atoms with Gasteiger partial charge < -0.3 is 11.2 Å². The molecule has 0 radical (unpaired) electrons. The molecule has 0 spiro atoms. The molecule has 2 heterocycles. The Labute approximate surface area is 120 Å². The van der Waals surface area contributed by atoms with Crippen molar-refractivity contribution in [3.8, 4) is 11.1 Å². The van der Waals surface area contributed by atoms with Crippen molar-refractivity contribution in [3.63, 3.8) is 0 Å². The van der Waals surface area contributed by atoms with E-state index in [1.54, 1.807) is 6.20 Å². The predicted octanol–water partition coefficient (Wildman–Crippen LogP) is 0.970. The number of benzene rings is 1. The van der Waals surface area contributed by atoms with Crippen molar-refractivity contribution in [3.05, 3.63) is 52.4 Å². The molecule has 1 aromatic heterocycles. The summed E-state index contributed by atoms with van der Waals surface area (Å²) < 4.78 is 13.1. The van der Waals surface area contributed by atoms with E-state index in [-0.39, 0.29) is 6.17 Å². The van der Waals surface area contributed by atoms with Gasteiger partial charge in [0.05, 0.1) is 0 Å². The molecular weight excluding hydrogens is 269 g/mol. The van der Waals surface area contributed by atoms with Crippen molar-refractivity contribution < 1.29 is 4.39 Å². The number of nitrogens with zero attached hydrogens (tertiary/aromatic N) is 3. The van der Waals surface area contributed by atoms with Crippen molar-refractivity contribution in [1.29, 1.82) is 0 Å². The van der Waals surface area contributed by atoms with Crippen LogP contribution in [0.2, 0.25) is 0 Å². The molecule has 2 aromatic rings.